The topological polar surface area (TPSA) is 55.4 Å². The van der Waals surface area contributed by atoms with Gasteiger partial charge in [0, 0.05) is 10.6 Å². The number of esters is 1. The second-order valence-electron chi connectivity index (χ2n) is 5.21. The number of carbonyl (C=O) groups is 2. The summed E-state index contributed by atoms with van der Waals surface area (Å²) in [6.45, 7) is 3.48. The fraction of sp³-hybridized carbons (Fsp3) is 0.222. The van der Waals surface area contributed by atoms with Crippen LogP contribution in [0.5, 0.6) is 0 Å². The summed E-state index contributed by atoms with van der Waals surface area (Å²) in [5.74, 6) is -0.741. The van der Waals surface area contributed by atoms with Crippen LogP contribution in [0.15, 0.2) is 53.4 Å². The van der Waals surface area contributed by atoms with Gasteiger partial charge >= 0.3 is 5.97 Å². The molecule has 0 spiro atoms. The number of hydrogen-bond acceptors (Lipinski definition) is 4. The zero-order valence-corrected chi connectivity index (χ0v) is 15.0. The molecule has 1 atom stereocenters. The van der Waals surface area contributed by atoms with Crippen molar-refractivity contribution in [2.24, 2.45) is 0 Å². The molecule has 0 heterocycles. The molecule has 1 amide bonds. The van der Waals surface area contributed by atoms with Crippen molar-refractivity contribution in [3.05, 3.63) is 59.1 Å². The van der Waals surface area contributed by atoms with Gasteiger partial charge in [-0.2, -0.15) is 0 Å². The second kappa shape index (κ2) is 8.76. The Morgan fingerprint density at radius 1 is 1.21 bits per heavy atom. The smallest absolute Gasteiger partial charge is 0.317 e. The first kappa shape index (κ1) is 18.4. The molecule has 1 unspecified atom stereocenters. The Balaban J connectivity index is 1.82. The summed E-state index contributed by atoms with van der Waals surface area (Å²) >= 11 is 7.31. The van der Waals surface area contributed by atoms with E-state index in [1.54, 1.807) is 19.1 Å². The molecule has 6 heteroatoms. The number of aryl methyl sites for hydroxylation is 1. The monoisotopic (exact) mass is 363 g/mol. The molecule has 0 saturated heterocycles. The first-order valence-electron chi connectivity index (χ1n) is 7.40. The van der Waals surface area contributed by atoms with Crippen molar-refractivity contribution >= 4 is 40.9 Å². The largest absolute Gasteiger partial charge is 0.452 e. The molecule has 126 valence electrons. The lowest BCUT2D eigenvalue weighted by Crippen LogP contribution is -2.30. The van der Waals surface area contributed by atoms with Crippen molar-refractivity contribution in [2.45, 2.75) is 24.8 Å². The number of thioether (sulfide) groups is 1. The number of amides is 1. The zero-order chi connectivity index (χ0) is 17.5. The van der Waals surface area contributed by atoms with Crippen molar-refractivity contribution in [3.8, 4) is 0 Å². The molecule has 0 aliphatic rings. The van der Waals surface area contributed by atoms with Crippen molar-refractivity contribution in [2.75, 3.05) is 11.1 Å². The highest BCUT2D eigenvalue weighted by Crippen LogP contribution is 2.26. The lowest BCUT2D eigenvalue weighted by atomic mass is 10.2. The van der Waals surface area contributed by atoms with E-state index < -0.39 is 12.1 Å². The first-order valence-corrected chi connectivity index (χ1v) is 8.76. The molecular formula is C18H18ClNO3S. The lowest BCUT2D eigenvalue weighted by Gasteiger charge is -2.14. The number of ether oxygens (including phenoxy) is 1. The quantitative estimate of drug-likeness (QED) is 0.613. The van der Waals surface area contributed by atoms with Gasteiger partial charge in [-0.15, -0.1) is 11.8 Å². The predicted molar refractivity (Wildman–Crippen MR) is 97.5 cm³/mol. The Labute approximate surface area is 150 Å². The molecule has 2 rings (SSSR count). The maximum atomic E-state index is 12.1. The van der Waals surface area contributed by atoms with E-state index in [-0.39, 0.29) is 11.7 Å². The van der Waals surface area contributed by atoms with E-state index in [9.17, 15) is 9.59 Å². The molecule has 0 aromatic heterocycles. The van der Waals surface area contributed by atoms with E-state index in [1.165, 1.54) is 11.8 Å². The van der Waals surface area contributed by atoms with Gasteiger partial charge < -0.3 is 10.1 Å². The normalized spacial score (nSPS) is 11.6. The Kier molecular flexibility index (Phi) is 6.70. The standard InChI is InChI=1S/C18H18ClNO3S/c1-12-6-5-7-14(10-12)20-18(22)13(2)23-17(21)11-24-16-9-4-3-8-15(16)19/h3-10,13H,11H2,1-2H3,(H,20,22). The van der Waals surface area contributed by atoms with E-state index in [0.717, 1.165) is 10.5 Å². The summed E-state index contributed by atoms with van der Waals surface area (Å²) < 4.78 is 5.16. The van der Waals surface area contributed by atoms with Gasteiger partial charge in [-0.3, -0.25) is 9.59 Å². The van der Waals surface area contributed by atoms with Crippen LogP contribution >= 0.6 is 23.4 Å². The average Bonchev–Trinajstić information content (AvgIpc) is 2.54. The van der Waals surface area contributed by atoms with Gasteiger partial charge in [-0.05, 0) is 43.7 Å². The third kappa shape index (κ3) is 5.58. The maximum Gasteiger partial charge on any atom is 0.317 e. The molecule has 0 aliphatic carbocycles. The van der Waals surface area contributed by atoms with Crippen LogP contribution in [0.3, 0.4) is 0 Å². The van der Waals surface area contributed by atoms with E-state index in [4.69, 9.17) is 16.3 Å². The molecule has 0 bridgehead atoms. The molecule has 1 N–H and O–H groups in total. The molecule has 0 fully saturated rings. The molecule has 0 aliphatic heterocycles. The highest BCUT2D eigenvalue weighted by atomic mass is 35.5. The summed E-state index contributed by atoms with van der Waals surface area (Å²) in [5.41, 5.74) is 1.71. The highest BCUT2D eigenvalue weighted by molar-refractivity contribution is 8.00. The minimum atomic E-state index is -0.871. The van der Waals surface area contributed by atoms with Crippen molar-refractivity contribution < 1.29 is 14.3 Å². The number of benzene rings is 2. The predicted octanol–water partition coefficient (Wildman–Crippen LogP) is 4.31. The summed E-state index contributed by atoms with van der Waals surface area (Å²) in [5, 5.41) is 3.31. The van der Waals surface area contributed by atoms with Crippen LogP contribution in [-0.2, 0) is 14.3 Å². The van der Waals surface area contributed by atoms with Crippen LogP contribution in [0.4, 0.5) is 5.69 Å². The Morgan fingerprint density at radius 2 is 1.96 bits per heavy atom. The number of carbonyl (C=O) groups excluding carboxylic acids is 2. The van der Waals surface area contributed by atoms with Gasteiger partial charge in [-0.25, -0.2) is 0 Å². The van der Waals surface area contributed by atoms with Crippen LogP contribution in [0.1, 0.15) is 12.5 Å². The maximum absolute atomic E-state index is 12.1. The van der Waals surface area contributed by atoms with Gasteiger partial charge in [0.15, 0.2) is 6.10 Å². The van der Waals surface area contributed by atoms with Gasteiger partial charge in [0.05, 0.1) is 10.8 Å². The van der Waals surface area contributed by atoms with Crippen molar-refractivity contribution in [1.82, 2.24) is 0 Å². The van der Waals surface area contributed by atoms with Crippen molar-refractivity contribution in [1.29, 1.82) is 0 Å². The number of halogens is 1. The molecule has 24 heavy (non-hydrogen) atoms. The van der Waals surface area contributed by atoms with Gasteiger partial charge in [-0.1, -0.05) is 35.9 Å². The van der Waals surface area contributed by atoms with Crippen LogP contribution in [0.2, 0.25) is 5.02 Å². The fourth-order valence-electron chi connectivity index (χ4n) is 1.95. The molecular weight excluding hydrogens is 346 g/mol. The number of rotatable bonds is 6. The molecule has 0 radical (unpaired) electrons. The van der Waals surface area contributed by atoms with Gasteiger partial charge in [0.25, 0.3) is 5.91 Å². The van der Waals surface area contributed by atoms with Crippen LogP contribution < -0.4 is 5.32 Å². The minimum Gasteiger partial charge on any atom is -0.452 e. The Hall–Kier alpha value is -1.98. The lowest BCUT2D eigenvalue weighted by molar-refractivity contribution is -0.150. The van der Waals surface area contributed by atoms with Crippen LogP contribution in [0.25, 0.3) is 0 Å². The molecule has 0 saturated carbocycles. The summed E-state index contributed by atoms with van der Waals surface area (Å²) in [6, 6.07) is 14.7. The Morgan fingerprint density at radius 3 is 2.67 bits per heavy atom. The number of anilines is 1. The summed E-state index contributed by atoms with van der Waals surface area (Å²) in [6.07, 6.45) is -0.871. The third-order valence-electron chi connectivity index (χ3n) is 3.15. The van der Waals surface area contributed by atoms with Crippen LogP contribution in [-0.4, -0.2) is 23.7 Å². The van der Waals surface area contributed by atoms with E-state index in [1.807, 2.05) is 43.3 Å². The minimum absolute atomic E-state index is 0.0891. The number of hydrogen-bond donors (Lipinski definition) is 1. The summed E-state index contributed by atoms with van der Waals surface area (Å²) in [7, 11) is 0. The van der Waals surface area contributed by atoms with Gasteiger partial charge in [0.2, 0.25) is 0 Å². The average molecular weight is 364 g/mol. The molecule has 2 aromatic carbocycles. The number of nitrogens with one attached hydrogen (secondary N) is 1. The highest BCUT2D eigenvalue weighted by Gasteiger charge is 2.18. The van der Waals surface area contributed by atoms with Gasteiger partial charge in [0.1, 0.15) is 0 Å². The Bertz CT molecular complexity index is 736. The second-order valence-corrected chi connectivity index (χ2v) is 6.63. The van der Waals surface area contributed by atoms with E-state index in [0.29, 0.717) is 10.7 Å². The summed E-state index contributed by atoms with van der Waals surface area (Å²) in [4.78, 5) is 24.8. The first-order chi connectivity index (χ1) is 11.5. The van der Waals surface area contributed by atoms with Crippen molar-refractivity contribution in [3.63, 3.8) is 0 Å². The van der Waals surface area contributed by atoms with E-state index >= 15 is 0 Å². The SMILES string of the molecule is Cc1cccc(NC(=O)C(C)OC(=O)CSc2ccccc2Cl)c1. The van der Waals surface area contributed by atoms with E-state index in [2.05, 4.69) is 5.32 Å². The fourth-order valence-corrected chi connectivity index (χ4v) is 2.97. The zero-order valence-electron chi connectivity index (χ0n) is 13.4. The van der Waals surface area contributed by atoms with Crippen LogP contribution in [0, 0.1) is 6.92 Å². The molecule has 2 aromatic rings. The molecule has 4 nitrogen and oxygen atoms in total. The third-order valence-corrected chi connectivity index (χ3v) is 4.63.